The molecule has 0 aliphatic heterocycles. The van der Waals surface area contributed by atoms with Crippen LogP contribution in [-0.2, 0) is 0 Å². The smallest absolute Gasteiger partial charge is 0.329 e. The Morgan fingerprint density at radius 3 is 2.58 bits per heavy atom. The summed E-state index contributed by atoms with van der Waals surface area (Å²) in [6.07, 6.45) is 0.308. The molecule has 0 spiro atoms. The van der Waals surface area contributed by atoms with E-state index in [1.807, 2.05) is 4.40 Å². The Bertz CT molecular complexity index is 1250. The van der Waals surface area contributed by atoms with Crippen LogP contribution in [0, 0.1) is 5.95 Å². The predicted molar refractivity (Wildman–Crippen MR) is 107 cm³/mol. The molecule has 31 heavy (non-hydrogen) atoms. The molecule has 6 nitrogen and oxygen atoms in total. The largest absolute Gasteiger partial charge is 0.405 e. The molecule has 4 rings (SSSR count). The van der Waals surface area contributed by atoms with Gasteiger partial charge in [-0.15, -0.1) is 0 Å². The van der Waals surface area contributed by atoms with E-state index < -0.39 is 24.7 Å². The fourth-order valence-corrected chi connectivity index (χ4v) is 3.07. The van der Waals surface area contributed by atoms with E-state index in [1.54, 1.807) is 60.2 Å². The molecule has 3 aromatic heterocycles. The number of hydrogen-bond donors (Lipinski definition) is 2. The lowest BCUT2D eigenvalue weighted by atomic mass is 10.1. The van der Waals surface area contributed by atoms with Gasteiger partial charge in [0, 0.05) is 29.7 Å². The Morgan fingerprint density at radius 1 is 1.00 bits per heavy atom. The number of nitrogens with zero attached hydrogens (tertiary/aromatic N) is 3. The number of alkyl halides is 3. The second-order valence-corrected chi connectivity index (χ2v) is 6.66. The molecule has 0 radical (unpaired) electrons. The molecule has 1 aromatic carbocycles. The first-order chi connectivity index (χ1) is 14.8. The van der Waals surface area contributed by atoms with Crippen LogP contribution in [0.15, 0.2) is 67.1 Å². The zero-order valence-electron chi connectivity index (χ0n) is 15.8. The number of pyridine rings is 2. The minimum atomic E-state index is -4.49. The van der Waals surface area contributed by atoms with E-state index >= 15 is 0 Å². The minimum absolute atomic E-state index is 0.330. The van der Waals surface area contributed by atoms with Crippen LogP contribution in [-0.4, -0.2) is 33.1 Å². The average Bonchev–Trinajstić information content (AvgIpc) is 3.15. The first kappa shape index (κ1) is 20.3. The number of urea groups is 1. The average molecular weight is 429 g/mol. The van der Waals surface area contributed by atoms with Gasteiger partial charge in [0.25, 0.3) is 0 Å². The van der Waals surface area contributed by atoms with Gasteiger partial charge in [-0.1, -0.05) is 12.1 Å². The van der Waals surface area contributed by atoms with Crippen LogP contribution >= 0.6 is 0 Å². The summed E-state index contributed by atoms with van der Waals surface area (Å²) in [6.45, 7) is -1.42. The van der Waals surface area contributed by atoms with Gasteiger partial charge in [-0.2, -0.15) is 17.6 Å². The summed E-state index contributed by atoms with van der Waals surface area (Å²) in [5.41, 5.74) is 3.78. The highest BCUT2D eigenvalue weighted by Crippen LogP contribution is 2.27. The van der Waals surface area contributed by atoms with E-state index in [2.05, 4.69) is 15.3 Å². The second-order valence-electron chi connectivity index (χ2n) is 6.66. The molecule has 0 fully saturated rings. The third-order valence-corrected chi connectivity index (χ3v) is 4.44. The molecule has 2 N–H and O–H groups in total. The number of amides is 2. The maximum Gasteiger partial charge on any atom is 0.405 e. The maximum atomic E-state index is 13.4. The molecule has 158 valence electrons. The van der Waals surface area contributed by atoms with Crippen molar-refractivity contribution in [2.45, 2.75) is 6.18 Å². The summed E-state index contributed by atoms with van der Waals surface area (Å²) in [7, 11) is 0. The zero-order valence-corrected chi connectivity index (χ0v) is 15.8. The highest BCUT2D eigenvalue weighted by atomic mass is 19.4. The van der Waals surface area contributed by atoms with Crippen LogP contribution in [0.1, 0.15) is 0 Å². The van der Waals surface area contributed by atoms with E-state index in [0.29, 0.717) is 28.2 Å². The standard InChI is InChI=1S/C21H15F4N5O/c22-18-9-13(4-6-26-18)14-5-7-30-17(11-27-19(30)10-14)15-2-1-3-16(8-15)29-20(31)28-12-21(23,24)25/h1-11H,12H2,(H2,28,29,31). The number of fused-ring (bicyclic) bond motifs is 1. The van der Waals surface area contributed by atoms with Crippen molar-refractivity contribution < 1.29 is 22.4 Å². The van der Waals surface area contributed by atoms with Crippen LogP contribution in [0.5, 0.6) is 0 Å². The van der Waals surface area contributed by atoms with E-state index in [4.69, 9.17) is 0 Å². The van der Waals surface area contributed by atoms with Gasteiger partial charge in [-0.05, 0) is 41.5 Å². The number of rotatable bonds is 4. The van der Waals surface area contributed by atoms with Gasteiger partial charge in [0.2, 0.25) is 5.95 Å². The first-order valence-corrected chi connectivity index (χ1v) is 9.09. The quantitative estimate of drug-likeness (QED) is 0.359. The number of carbonyl (C=O) groups is 1. The number of aromatic nitrogens is 3. The van der Waals surface area contributed by atoms with Gasteiger partial charge in [-0.25, -0.2) is 14.8 Å². The van der Waals surface area contributed by atoms with Crippen molar-refractivity contribution in [2.24, 2.45) is 0 Å². The second kappa shape index (κ2) is 8.05. The number of nitrogens with one attached hydrogen (secondary N) is 2. The summed E-state index contributed by atoms with van der Waals surface area (Å²) in [5, 5.41) is 4.14. The van der Waals surface area contributed by atoms with E-state index in [9.17, 15) is 22.4 Å². The lowest BCUT2D eigenvalue weighted by molar-refractivity contribution is -0.122. The Kier molecular flexibility index (Phi) is 5.28. The molecule has 0 unspecified atom stereocenters. The SMILES string of the molecule is O=C(NCC(F)(F)F)Nc1cccc(-c2cnc3cc(-c4ccnc(F)c4)ccn23)c1. The van der Waals surface area contributed by atoms with Crippen molar-refractivity contribution in [3.8, 4) is 22.4 Å². The van der Waals surface area contributed by atoms with E-state index in [1.165, 1.54) is 12.3 Å². The van der Waals surface area contributed by atoms with Gasteiger partial charge in [0.15, 0.2) is 0 Å². The molecule has 10 heteroatoms. The lowest BCUT2D eigenvalue weighted by Crippen LogP contribution is -2.36. The van der Waals surface area contributed by atoms with Gasteiger partial charge in [0.05, 0.1) is 11.9 Å². The van der Waals surface area contributed by atoms with Crippen LogP contribution in [0.4, 0.5) is 28.0 Å². The Balaban J connectivity index is 1.58. The number of hydrogen-bond acceptors (Lipinski definition) is 3. The molecule has 0 saturated heterocycles. The predicted octanol–water partition coefficient (Wildman–Crippen LogP) is 4.89. The molecule has 0 atom stereocenters. The number of halogens is 4. The summed E-state index contributed by atoms with van der Waals surface area (Å²) in [6, 6.07) is 12.3. The molecule has 0 aliphatic rings. The topological polar surface area (TPSA) is 71.3 Å². The number of anilines is 1. The minimum Gasteiger partial charge on any atom is -0.329 e. The van der Waals surface area contributed by atoms with Crippen molar-refractivity contribution in [3.05, 3.63) is 73.1 Å². The third kappa shape index (κ3) is 4.80. The first-order valence-electron chi connectivity index (χ1n) is 9.09. The Labute approximate surface area is 173 Å². The van der Waals surface area contributed by atoms with Crippen LogP contribution in [0.3, 0.4) is 0 Å². The molecule has 3 heterocycles. The number of imidazole rings is 1. The molecule has 4 aromatic rings. The lowest BCUT2D eigenvalue weighted by Gasteiger charge is -2.11. The molecule has 0 saturated carbocycles. The normalized spacial score (nSPS) is 11.5. The van der Waals surface area contributed by atoms with E-state index in [0.717, 1.165) is 5.56 Å². The Hall–Kier alpha value is -3.95. The fraction of sp³-hybridized carbons (Fsp3) is 0.0952. The van der Waals surface area contributed by atoms with Crippen molar-refractivity contribution in [3.63, 3.8) is 0 Å². The maximum absolute atomic E-state index is 13.4. The van der Waals surface area contributed by atoms with Crippen LogP contribution in [0.2, 0.25) is 0 Å². The van der Waals surface area contributed by atoms with Crippen LogP contribution < -0.4 is 10.6 Å². The number of benzene rings is 1. The van der Waals surface area contributed by atoms with E-state index in [-0.39, 0.29) is 0 Å². The fourth-order valence-electron chi connectivity index (χ4n) is 3.07. The van der Waals surface area contributed by atoms with Gasteiger partial charge < -0.3 is 10.6 Å². The molecule has 0 aliphatic carbocycles. The van der Waals surface area contributed by atoms with Crippen LogP contribution in [0.25, 0.3) is 28.0 Å². The van der Waals surface area contributed by atoms with Gasteiger partial charge >= 0.3 is 12.2 Å². The highest BCUT2D eigenvalue weighted by molar-refractivity contribution is 5.90. The highest BCUT2D eigenvalue weighted by Gasteiger charge is 2.27. The van der Waals surface area contributed by atoms with Crippen molar-refractivity contribution in [2.75, 3.05) is 11.9 Å². The zero-order chi connectivity index (χ0) is 22.0. The summed E-state index contributed by atoms with van der Waals surface area (Å²) >= 11 is 0. The summed E-state index contributed by atoms with van der Waals surface area (Å²) in [5.74, 6) is -0.579. The van der Waals surface area contributed by atoms with Gasteiger partial charge in [0.1, 0.15) is 12.2 Å². The number of carbonyl (C=O) groups excluding carboxylic acids is 1. The summed E-state index contributed by atoms with van der Waals surface area (Å²) in [4.78, 5) is 19.6. The molecule has 2 amide bonds. The molecular weight excluding hydrogens is 414 g/mol. The molecule has 0 bridgehead atoms. The van der Waals surface area contributed by atoms with Crippen molar-refractivity contribution in [1.29, 1.82) is 0 Å². The third-order valence-electron chi connectivity index (χ3n) is 4.44. The van der Waals surface area contributed by atoms with Crippen molar-refractivity contribution in [1.82, 2.24) is 19.7 Å². The van der Waals surface area contributed by atoms with Crippen molar-refractivity contribution >= 4 is 17.4 Å². The molecular formula is C21H15F4N5O. The summed E-state index contributed by atoms with van der Waals surface area (Å²) < 4.78 is 51.9. The monoisotopic (exact) mass is 429 g/mol. The Morgan fingerprint density at radius 2 is 1.81 bits per heavy atom. The van der Waals surface area contributed by atoms with Gasteiger partial charge in [-0.3, -0.25) is 4.40 Å².